The van der Waals surface area contributed by atoms with Crippen LogP contribution in [0.1, 0.15) is 0 Å². The van der Waals surface area contributed by atoms with Gasteiger partial charge in [0.1, 0.15) is 0 Å². The van der Waals surface area contributed by atoms with Gasteiger partial charge in [-0.25, -0.2) is 4.39 Å². The first-order valence-electron chi connectivity index (χ1n) is 2.04. The summed E-state index contributed by atoms with van der Waals surface area (Å²) in [5.41, 5.74) is 0. The van der Waals surface area contributed by atoms with Crippen LogP contribution in [0.3, 0.4) is 0 Å². The van der Waals surface area contributed by atoms with Crippen molar-refractivity contribution in [3.8, 4) is 0 Å². The molecule has 0 aliphatic rings. The Bertz CT molecular complexity index is 96.3. The Morgan fingerprint density at radius 1 is 1.20 bits per heavy atom. The third kappa shape index (κ3) is 28.0. The van der Waals surface area contributed by atoms with Crippen LogP contribution >= 0.6 is 0 Å². The van der Waals surface area contributed by atoms with Gasteiger partial charge in [0.15, 0.2) is 0 Å². The molecular weight excluding hydrogens is 152 g/mol. The highest BCUT2D eigenvalue weighted by molar-refractivity contribution is 4.48. The standard InChI is InChI=1S/C3H3F3O.C2H3F/c1-2-7-3(4,5)6;1-2-3/h2H,1H2;2H,1H2. The maximum atomic E-state index is 10.8. The van der Waals surface area contributed by atoms with Gasteiger partial charge in [0.2, 0.25) is 0 Å². The lowest BCUT2D eigenvalue weighted by molar-refractivity contribution is -0.297. The Balaban J connectivity index is 0. The molecule has 1 nitrogen and oxygen atoms in total. The third-order valence-electron chi connectivity index (χ3n) is 0.217. The summed E-state index contributed by atoms with van der Waals surface area (Å²) in [5, 5.41) is 0. The molecule has 0 saturated carbocycles. The predicted molar refractivity (Wildman–Crippen MR) is 28.6 cm³/mol. The zero-order chi connectivity index (χ0) is 8.62. The maximum absolute atomic E-state index is 10.8. The Kier molecular flexibility index (Phi) is 7.20. The summed E-state index contributed by atoms with van der Waals surface area (Å²) < 4.78 is 45.3. The number of halogens is 4. The van der Waals surface area contributed by atoms with Crippen molar-refractivity contribution >= 4 is 0 Å². The number of rotatable bonds is 1. The topological polar surface area (TPSA) is 9.23 Å². The fraction of sp³-hybridized carbons (Fsp3) is 0.200. The van der Waals surface area contributed by atoms with Crippen LogP contribution in [-0.2, 0) is 4.74 Å². The van der Waals surface area contributed by atoms with Gasteiger partial charge >= 0.3 is 6.36 Å². The molecule has 0 aromatic carbocycles. The van der Waals surface area contributed by atoms with E-state index in [0.29, 0.717) is 6.26 Å². The molecule has 0 radical (unpaired) electrons. The zero-order valence-corrected chi connectivity index (χ0v) is 4.99. The molecule has 0 saturated heterocycles. The van der Waals surface area contributed by atoms with Crippen LogP contribution < -0.4 is 0 Å². The number of ether oxygens (including phenoxy) is 1. The van der Waals surface area contributed by atoms with Gasteiger partial charge in [-0.15, -0.1) is 13.2 Å². The first-order chi connectivity index (χ1) is 4.47. The fourth-order valence-electron chi connectivity index (χ4n) is 0.0945. The molecule has 0 atom stereocenters. The Morgan fingerprint density at radius 3 is 1.50 bits per heavy atom. The van der Waals surface area contributed by atoms with E-state index in [2.05, 4.69) is 17.9 Å². The molecule has 0 heterocycles. The molecule has 0 aliphatic heterocycles. The van der Waals surface area contributed by atoms with Gasteiger partial charge < -0.3 is 4.74 Å². The van der Waals surface area contributed by atoms with E-state index in [0.717, 1.165) is 0 Å². The van der Waals surface area contributed by atoms with E-state index >= 15 is 0 Å². The summed E-state index contributed by atoms with van der Waals surface area (Å²) in [7, 11) is 0. The molecule has 0 unspecified atom stereocenters. The molecule has 0 aliphatic carbocycles. The molecule has 0 amide bonds. The second kappa shape index (κ2) is 6.12. The molecule has 0 N–H and O–H groups in total. The number of hydrogen-bond acceptors (Lipinski definition) is 1. The van der Waals surface area contributed by atoms with Crippen molar-refractivity contribution in [2.24, 2.45) is 0 Å². The lowest BCUT2D eigenvalue weighted by Crippen LogP contribution is -2.07. The van der Waals surface area contributed by atoms with Crippen LogP contribution in [-0.4, -0.2) is 6.36 Å². The predicted octanol–water partition coefficient (Wildman–Crippen LogP) is 2.77. The minimum absolute atomic E-state index is 0.250. The van der Waals surface area contributed by atoms with Crippen molar-refractivity contribution in [1.29, 1.82) is 0 Å². The Labute approximate surface area is 55.6 Å². The normalized spacial score (nSPS) is 8.80. The average Bonchev–Trinajstić information content (AvgIpc) is 1.63. The summed E-state index contributed by atoms with van der Waals surface area (Å²) in [6, 6.07) is 0. The van der Waals surface area contributed by atoms with Gasteiger partial charge in [-0.2, -0.15) is 0 Å². The molecule has 0 rings (SSSR count). The lowest BCUT2D eigenvalue weighted by atomic mass is 11.1. The summed E-state index contributed by atoms with van der Waals surface area (Å²) >= 11 is 0. The third-order valence-corrected chi connectivity index (χ3v) is 0.217. The fourth-order valence-corrected chi connectivity index (χ4v) is 0.0945. The number of alkyl halides is 3. The van der Waals surface area contributed by atoms with E-state index in [-0.39, 0.29) is 6.33 Å². The second-order valence-electron chi connectivity index (χ2n) is 0.885. The molecule has 10 heavy (non-hydrogen) atoms. The molecular formula is C5H6F4O. The summed E-state index contributed by atoms with van der Waals surface area (Å²) in [6.07, 6.45) is -3.98. The quantitative estimate of drug-likeness (QED) is 0.421. The van der Waals surface area contributed by atoms with Crippen LogP contribution in [0.15, 0.2) is 25.7 Å². The van der Waals surface area contributed by atoms with Crippen LogP contribution in [0.25, 0.3) is 0 Å². The Morgan fingerprint density at radius 2 is 1.50 bits per heavy atom. The maximum Gasteiger partial charge on any atom is 0.572 e. The zero-order valence-electron chi connectivity index (χ0n) is 4.99. The van der Waals surface area contributed by atoms with E-state index in [1.165, 1.54) is 0 Å². The van der Waals surface area contributed by atoms with Gasteiger partial charge in [-0.05, 0) is 0 Å². The summed E-state index contributed by atoms with van der Waals surface area (Å²) in [5.74, 6) is 0. The van der Waals surface area contributed by atoms with Gasteiger partial charge in [0.05, 0.1) is 12.6 Å². The van der Waals surface area contributed by atoms with E-state index in [1.807, 2.05) is 0 Å². The minimum atomic E-state index is -4.57. The summed E-state index contributed by atoms with van der Waals surface area (Å²) in [4.78, 5) is 0. The van der Waals surface area contributed by atoms with Crippen molar-refractivity contribution in [2.45, 2.75) is 6.36 Å². The molecule has 0 aromatic rings. The average molecular weight is 158 g/mol. The highest BCUT2D eigenvalue weighted by Gasteiger charge is 2.28. The van der Waals surface area contributed by atoms with E-state index < -0.39 is 6.36 Å². The van der Waals surface area contributed by atoms with Gasteiger partial charge in [0.25, 0.3) is 0 Å². The van der Waals surface area contributed by atoms with Crippen molar-refractivity contribution in [3.63, 3.8) is 0 Å². The van der Waals surface area contributed by atoms with Crippen molar-refractivity contribution in [2.75, 3.05) is 0 Å². The first-order valence-corrected chi connectivity index (χ1v) is 2.04. The van der Waals surface area contributed by atoms with Crippen LogP contribution in [0.4, 0.5) is 17.6 Å². The Hall–Kier alpha value is -1.00. The van der Waals surface area contributed by atoms with Crippen molar-refractivity contribution in [3.05, 3.63) is 25.7 Å². The largest absolute Gasteiger partial charge is 0.572 e. The van der Waals surface area contributed by atoms with Crippen LogP contribution in [0.5, 0.6) is 0 Å². The first kappa shape index (κ1) is 11.8. The van der Waals surface area contributed by atoms with Crippen molar-refractivity contribution < 1.29 is 22.3 Å². The van der Waals surface area contributed by atoms with Crippen molar-refractivity contribution in [1.82, 2.24) is 0 Å². The minimum Gasteiger partial charge on any atom is -0.414 e. The van der Waals surface area contributed by atoms with E-state index in [4.69, 9.17) is 0 Å². The molecule has 60 valence electrons. The van der Waals surface area contributed by atoms with Gasteiger partial charge in [0, 0.05) is 0 Å². The SMILES string of the molecule is C=CF.C=COC(F)(F)F. The highest BCUT2D eigenvalue weighted by atomic mass is 19.4. The van der Waals surface area contributed by atoms with Crippen LogP contribution in [0.2, 0.25) is 0 Å². The molecule has 0 aromatic heterocycles. The van der Waals surface area contributed by atoms with E-state index in [1.54, 1.807) is 0 Å². The molecule has 5 heteroatoms. The number of hydrogen-bond donors (Lipinski definition) is 0. The van der Waals surface area contributed by atoms with Crippen LogP contribution in [0, 0.1) is 0 Å². The highest BCUT2D eigenvalue weighted by Crippen LogP contribution is 2.15. The smallest absolute Gasteiger partial charge is 0.414 e. The second-order valence-corrected chi connectivity index (χ2v) is 0.885. The van der Waals surface area contributed by atoms with Gasteiger partial charge in [-0.1, -0.05) is 13.2 Å². The van der Waals surface area contributed by atoms with E-state index in [9.17, 15) is 17.6 Å². The molecule has 0 spiro atoms. The van der Waals surface area contributed by atoms with Gasteiger partial charge in [-0.3, -0.25) is 0 Å². The monoisotopic (exact) mass is 158 g/mol. The lowest BCUT2D eigenvalue weighted by Gasteiger charge is -2.00. The molecule has 0 fully saturated rings. The molecule has 0 bridgehead atoms. The summed E-state index contributed by atoms with van der Waals surface area (Å²) in [6.45, 7) is 5.40.